The number of amides is 2. The zero-order chi connectivity index (χ0) is 31.9. The maximum atomic E-state index is 14.1. The van der Waals surface area contributed by atoms with Crippen LogP contribution in [-0.2, 0) is 26.2 Å². The average Bonchev–Trinajstić information content (AvgIpc) is 2.99. The average molecular weight is 671 g/mol. The smallest absolute Gasteiger partial charge is 0.264 e. The molecule has 0 fully saturated rings. The summed E-state index contributed by atoms with van der Waals surface area (Å²) in [5.41, 5.74) is 0.797. The minimum absolute atomic E-state index is 0.0321. The molecule has 3 aromatic rings. The van der Waals surface area contributed by atoms with Crippen molar-refractivity contribution in [1.29, 1.82) is 0 Å². The van der Waals surface area contributed by atoms with Gasteiger partial charge in [0.25, 0.3) is 10.0 Å². The Labute approximate surface area is 267 Å². The van der Waals surface area contributed by atoms with E-state index in [1.54, 1.807) is 25.1 Å². The fourth-order valence-corrected chi connectivity index (χ4v) is 6.00. The Kier molecular flexibility index (Phi) is 12.0. The number of benzene rings is 3. The van der Waals surface area contributed by atoms with Gasteiger partial charge in [0, 0.05) is 23.7 Å². The molecule has 3 rings (SSSR count). The first-order chi connectivity index (χ1) is 20.3. The predicted octanol–water partition coefficient (Wildman–Crippen LogP) is 6.19. The molecule has 0 spiro atoms. The van der Waals surface area contributed by atoms with Gasteiger partial charge in [-0.15, -0.1) is 0 Å². The number of nitrogens with one attached hydrogen (secondary N) is 1. The van der Waals surface area contributed by atoms with Crippen LogP contribution in [0.3, 0.4) is 0 Å². The summed E-state index contributed by atoms with van der Waals surface area (Å²) in [7, 11) is -1.51. The quantitative estimate of drug-likeness (QED) is 0.233. The van der Waals surface area contributed by atoms with Gasteiger partial charge in [-0.2, -0.15) is 0 Å². The Morgan fingerprint density at radius 2 is 1.53 bits per heavy atom. The number of sulfonamides is 1. The van der Waals surface area contributed by atoms with E-state index in [9.17, 15) is 18.0 Å². The highest BCUT2D eigenvalue weighted by Crippen LogP contribution is 2.33. The Hall–Kier alpha value is -3.18. The third-order valence-electron chi connectivity index (χ3n) is 6.84. The van der Waals surface area contributed by atoms with E-state index < -0.39 is 28.5 Å². The van der Waals surface area contributed by atoms with Gasteiger partial charge in [-0.3, -0.25) is 13.9 Å². The van der Waals surface area contributed by atoms with Crippen LogP contribution >= 0.6 is 34.8 Å². The summed E-state index contributed by atoms with van der Waals surface area (Å²) >= 11 is 18.4. The van der Waals surface area contributed by atoms with Gasteiger partial charge >= 0.3 is 0 Å². The number of hydrogen-bond donors (Lipinski definition) is 1. The van der Waals surface area contributed by atoms with Crippen molar-refractivity contribution >= 4 is 62.3 Å². The first kappa shape index (κ1) is 34.3. The van der Waals surface area contributed by atoms with E-state index in [-0.39, 0.29) is 39.8 Å². The molecule has 0 saturated carbocycles. The van der Waals surface area contributed by atoms with Crippen molar-refractivity contribution in [1.82, 2.24) is 10.2 Å². The summed E-state index contributed by atoms with van der Waals surface area (Å²) in [6.45, 7) is 4.71. The molecule has 0 heterocycles. The van der Waals surface area contributed by atoms with Crippen LogP contribution in [0.4, 0.5) is 5.69 Å². The molecule has 232 valence electrons. The van der Waals surface area contributed by atoms with E-state index in [0.717, 1.165) is 4.31 Å². The molecule has 2 atom stereocenters. The number of rotatable bonds is 13. The lowest BCUT2D eigenvalue weighted by atomic mass is 10.1. The second-order valence-electron chi connectivity index (χ2n) is 9.77. The van der Waals surface area contributed by atoms with Crippen LogP contribution in [0.25, 0.3) is 0 Å². The van der Waals surface area contributed by atoms with Crippen LogP contribution in [0, 0.1) is 0 Å². The summed E-state index contributed by atoms with van der Waals surface area (Å²) < 4.78 is 39.7. The molecule has 2 amide bonds. The summed E-state index contributed by atoms with van der Waals surface area (Å²) in [6, 6.07) is 14.0. The van der Waals surface area contributed by atoms with Crippen molar-refractivity contribution < 1.29 is 27.5 Å². The van der Waals surface area contributed by atoms with Gasteiger partial charge in [-0.05, 0) is 74.4 Å². The highest BCUT2D eigenvalue weighted by molar-refractivity contribution is 7.92. The lowest BCUT2D eigenvalue weighted by Gasteiger charge is -2.32. The summed E-state index contributed by atoms with van der Waals surface area (Å²) in [5, 5.41) is 3.89. The number of anilines is 1. The van der Waals surface area contributed by atoms with Crippen LogP contribution in [0.15, 0.2) is 65.6 Å². The van der Waals surface area contributed by atoms with E-state index in [0.29, 0.717) is 27.8 Å². The van der Waals surface area contributed by atoms with Gasteiger partial charge in [0.2, 0.25) is 11.8 Å². The first-order valence-electron chi connectivity index (χ1n) is 13.4. The lowest BCUT2D eigenvalue weighted by molar-refractivity contribution is -0.139. The molecule has 43 heavy (non-hydrogen) atoms. The van der Waals surface area contributed by atoms with Crippen molar-refractivity contribution in [2.45, 2.75) is 50.7 Å². The molecule has 0 bridgehead atoms. The third kappa shape index (κ3) is 8.47. The van der Waals surface area contributed by atoms with Crippen molar-refractivity contribution in [3.05, 3.63) is 81.3 Å². The summed E-state index contributed by atoms with van der Waals surface area (Å²) in [4.78, 5) is 28.4. The zero-order valence-corrected chi connectivity index (χ0v) is 27.5. The van der Waals surface area contributed by atoms with E-state index in [1.165, 1.54) is 61.6 Å². The van der Waals surface area contributed by atoms with Gasteiger partial charge in [-0.1, -0.05) is 47.8 Å². The Morgan fingerprint density at radius 3 is 2.12 bits per heavy atom. The maximum Gasteiger partial charge on any atom is 0.264 e. The second kappa shape index (κ2) is 15.0. The molecular formula is C30H34Cl3N3O6S. The number of hydrogen-bond acceptors (Lipinski definition) is 6. The fraction of sp³-hybridized carbons (Fsp3) is 0.333. The normalized spacial score (nSPS) is 12.7. The van der Waals surface area contributed by atoms with Crippen LogP contribution < -0.4 is 19.1 Å². The molecule has 2 unspecified atom stereocenters. The minimum Gasteiger partial charge on any atom is -0.493 e. The molecule has 1 N–H and O–H groups in total. The Morgan fingerprint density at radius 1 is 0.884 bits per heavy atom. The predicted molar refractivity (Wildman–Crippen MR) is 170 cm³/mol. The molecule has 13 heteroatoms. The SMILES string of the molecule is CCC(C)NC(=O)C(C)N(Cc1ccc(Cl)c(Cl)c1)C(=O)CN(c1ccc(Cl)cc1)S(=O)(=O)c1ccc(OC)c(OC)c1. The van der Waals surface area contributed by atoms with Crippen LogP contribution in [0.5, 0.6) is 11.5 Å². The number of ether oxygens (including phenoxy) is 2. The molecule has 0 aromatic heterocycles. The van der Waals surface area contributed by atoms with E-state index in [1.807, 2.05) is 13.8 Å². The summed E-state index contributed by atoms with van der Waals surface area (Å²) in [5.74, 6) is -0.479. The maximum absolute atomic E-state index is 14.1. The van der Waals surface area contributed by atoms with Crippen LogP contribution in [0.2, 0.25) is 15.1 Å². The van der Waals surface area contributed by atoms with E-state index in [4.69, 9.17) is 44.3 Å². The van der Waals surface area contributed by atoms with Crippen molar-refractivity contribution in [3.63, 3.8) is 0 Å². The minimum atomic E-state index is -4.34. The first-order valence-corrected chi connectivity index (χ1v) is 15.9. The number of halogens is 3. The van der Waals surface area contributed by atoms with Crippen LogP contribution in [0.1, 0.15) is 32.8 Å². The second-order valence-corrected chi connectivity index (χ2v) is 12.9. The van der Waals surface area contributed by atoms with Crippen molar-refractivity contribution in [2.75, 3.05) is 25.1 Å². The molecule has 0 aliphatic heterocycles. The number of carbonyl (C=O) groups is 2. The molecule has 0 saturated heterocycles. The number of nitrogens with zero attached hydrogens (tertiary/aromatic N) is 2. The molecule has 0 aliphatic rings. The third-order valence-corrected chi connectivity index (χ3v) is 9.60. The largest absolute Gasteiger partial charge is 0.493 e. The van der Waals surface area contributed by atoms with Gasteiger partial charge in [0.05, 0.1) is 34.8 Å². The Bertz CT molecular complexity index is 1550. The van der Waals surface area contributed by atoms with E-state index >= 15 is 0 Å². The number of methoxy groups -OCH3 is 2. The highest BCUT2D eigenvalue weighted by atomic mass is 35.5. The molecule has 3 aromatic carbocycles. The topological polar surface area (TPSA) is 105 Å². The zero-order valence-electron chi connectivity index (χ0n) is 24.4. The van der Waals surface area contributed by atoms with Crippen LogP contribution in [-0.4, -0.2) is 58.0 Å². The standard InChI is InChI=1S/C30H34Cl3N3O6S/c1-6-19(2)34-30(38)20(3)35(17-21-7-13-25(32)26(33)15-21)29(37)18-36(23-10-8-22(31)9-11-23)43(39,40)24-12-14-27(41-4)28(16-24)42-5/h7-16,19-20H,6,17-18H2,1-5H3,(H,34,38). The van der Waals surface area contributed by atoms with Gasteiger partial charge < -0.3 is 19.7 Å². The molecular weight excluding hydrogens is 637 g/mol. The molecule has 0 radical (unpaired) electrons. The van der Waals surface area contributed by atoms with Gasteiger partial charge in [-0.25, -0.2) is 8.42 Å². The Balaban J connectivity index is 2.08. The number of carbonyl (C=O) groups excluding carboxylic acids is 2. The van der Waals surface area contributed by atoms with E-state index in [2.05, 4.69) is 5.32 Å². The molecule has 0 aliphatic carbocycles. The van der Waals surface area contributed by atoms with Gasteiger partial charge in [0.1, 0.15) is 12.6 Å². The molecule has 9 nitrogen and oxygen atoms in total. The lowest BCUT2D eigenvalue weighted by Crippen LogP contribution is -2.52. The van der Waals surface area contributed by atoms with Crippen molar-refractivity contribution in [3.8, 4) is 11.5 Å². The summed E-state index contributed by atoms with van der Waals surface area (Å²) in [6.07, 6.45) is 0.688. The fourth-order valence-electron chi connectivity index (χ4n) is 4.12. The van der Waals surface area contributed by atoms with Crippen molar-refractivity contribution in [2.24, 2.45) is 0 Å². The van der Waals surface area contributed by atoms with Gasteiger partial charge in [0.15, 0.2) is 11.5 Å². The highest BCUT2D eigenvalue weighted by Gasteiger charge is 2.33. The monoisotopic (exact) mass is 669 g/mol.